The molecule has 142 valence electrons. The van der Waals surface area contributed by atoms with Crippen LogP contribution in [0.2, 0.25) is 0 Å². The summed E-state index contributed by atoms with van der Waals surface area (Å²) in [6.07, 6.45) is 4.19. The van der Waals surface area contributed by atoms with Crippen LogP contribution in [0.4, 0.5) is 11.5 Å². The van der Waals surface area contributed by atoms with E-state index in [0.29, 0.717) is 5.56 Å². The fraction of sp³-hybridized carbons (Fsp3) is 0.286. The number of pyridine rings is 1. The molecular formula is C21H24KN4O2-. The Balaban J connectivity index is 0.000000332. The quantitative estimate of drug-likeness (QED) is 0.521. The zero-order valence-corrected chi connectivity index (χ0v) is 20.4. The first-order chi connectivity index (χ1) is 12.8. The summed E-state index contributed by atoms with van der Waals surface area (Å²) in [6.45, 7) is 6.21. The monoisotopic (exact) mass is 403 g/mol. The fourth-order valence-corrected chi connectivity index (χ4v) is 2.00. The molecule has 0 atom stereocenters. The van der Waals surface area contributed by atoms with Crippen LogP contribution in [0.1, 0.15) is 36.9 Å². The van der Waals surface area contributed by atoms with E-state index < -0.39 is 0 Å². The molecule has 0 bridgehead atoms. The van der Waals surface area contributed by atoms with Gasteiger partial charge in [-0.2, -0.15) is 24.3 Å². The van der Waals surface area contributed by atoms with Gasteiger partial charge in [0.1, 0.15) is 5.82 Å². The molecule has 0 aliphatic heterocycles. The van der Waals surface area contributed by atoms with Crippen molar-refractivity contribution in [3.63, 3.8) is 0 Å². The van der Waals surface area contributed by atoms with E-state index in [4.69, 9.17) is 4.52 Å². The van der Waals surface area contributed by atoms with E-state index in [-0.39, 0.29) is 62.7 Å². The summed E-state index contributed by atoms with van der Waals surface area (Å²) < 4.78 is 4.89. The van der Waals surface area contributed by atoms with Crippen LogP contribution >= 0.6 is 0 Å². The molecule has 6 nitrogen and oxygen atoms in total. The maximum Gasteiger partial charge on any atom is 1.00 e. The summed E-state index contributed by atoms with van der Waals surface area (Å²) >= 11 is 0. The van der Waals surface area contributed by atoms with Crippen molar-refractivity contribution in [1.82, 2.24) is 10.1 Å². The number of aromatic nitrogens is 2. The van der Waals surface area contributed by atoms with Crippen molar-refractivity contribution in [1.29, 1.82) is 0 Å². The number of carbonyl (C=O) groups is 1. The molecule has 0 aliphatic carbocycles. The second-order valence-corrected chi connectivity index (χ2v) is 7.11. The third-order valence-corrected chi connectivity index (χ3v) is 3.58. The molecule has 3 rings (SSSR count). The number of nitrogens with one attached hydrogen (secondary N) is 1. The molecule has 0 saturated heterocycles. The van der Waals surface area contributed by atoms with E-state index in [0.717, 1.165) is 17.3 Å². The predicted octanol–water partition coefficient (Wildman–Crippen LogP) is 0.976. The van der Waals surface area contributed by atoms with Crippen LogP contribution in [0.15, 0.2) is 53.2 Å². The second-order valence-electron chi connectivity index (χ2n) is 7.11. The van der Waals surface area contributed by atoms with Gasteiger partial charge in [-0.15, -0.1) is 18.3 Å². The standard InChI is InChI=1S/C14H14N3O.C7H10NO.K/c1-17(2)13-9-8-11(10-15-13)14(18)16-12-6-4-3-5-7-12;1-7(2,3)6-4-5-8-9-6;/h4-10H,1-2H3,(H,16,18);4H,1-3H3;/q2*-1;+1. The maximum absolute atomic E-state index is 11.9. The second kappa shape index (κ2) is 11.5. The number of amides is 1. The molecule has 0 unspecified atom stereocenters. The zero-order valence-electron chi connectivity index (χ0n) is 17.3. The van der Waals surface area contributed by atoms with Crippen LogP contribution in [-0.4, -0.2) is 30.1 Å². The summed E-state index contributed by atoms with van der Waals surface area (Å²) in [7, 11) is 3.81. The van der Waals surface area contributed by atoms with Gasteiger partial charge in [-0.05, 0) is 23.3 Å². The van der Waals surface area contributed by atoms with Crippen LogP contribution in [-0.2, 0) is 5.41 Å². The van der Waals surface area contributed by atoms with E-state index in [2.05, 4.69) is 48.5 Å². The Hall–Kier alpha value is -1.51. The van der Waals surface area contributed by atoms with Gasteiger partial charge in [0, 0.05) is 20.3 Å². The van der Waals surface area contributed by atoms with Crippen LogP contribution in [0.5, 0.6) is 0 Å². The van der Waals surface area contributed by atoms with Gasteiger partial charge in [0.15, 0.2) is 0 Å². The molecule has 1 amide bonds. The number of rotatable bonds is 3. The molecule has 0 fully saturated rings. The van der Waals surface area contributed by atoms with Crippen molar-refractivity contribution in [3.05, 3.63) is 72.2 Å². The van der Waals surface area contributed by atoms with Gasteiger partial charge in [-0.1, -0.05) is 26.5 Å². The molecule has 28 heavy (non-hydrogen) atoms. The van der Waals surface area contributed by atoms with E-state index in [1.807, 2.05) is 25.1 Å². The van der Waals surface area contributed by atoms with Crippen molar-refractivity contribution in [3.8, 4) is 0 Å². The minimum absolute atomic E-state index is 0. The number of hydrogen-bond acceptors (Lipinski definition) is 5. The molecule has 0 spiro atoms. The summed E-state index contributed by atoms with van der Waals surface area (Å²) in [5.74, 6) is 1.53. The van der Waals surface area contributed by atoms with Gasteiger partial charge in [-0.25, -0.2) is 10.1 Å². The largest absolute Gasteiger partial charge is 1.00 e. The predicted molar refractivity (Wildman–Crippen MR) is 106 cm³/mol. The number of anilines is 2. The molecule has 7 heteroatoms. The molecule has 1 aromatic carbocycles. The Morgan fingerprint density at radius 1 is 1.14 bits per heavy atom. The molecule has 2 heterocycles. The van der Waals surface area contributed by atoms with Gasteiger partial charge < -0.3 is 14.7 Å². The first kappa shape index (κ1) is 24.5. The van der Waals surface area contributed by atoms with Gasteiger partial charge in [0.05, 0.1) is 5.56 Å². The number of benzene rings is 1. The minimum atomic E-state index is -0.168. The minimum Gasteiger partial charge on any atom is -0.470 e. The van der Waals surface area contributed by atoms with E-state index in [9.17, 15) is 4.79 Å². The molecule has 2 aromatic heterocycles. The summed E-state index contributed by atoms with van der Waals surface area (Å²) in [5.41, 5.74) is 1.34. The SMILES string of the molecule is CC(C)(C)c1c[c-]no1.CN(C)c1ccc(C(=O)Nc2cc[c-]cc2)cn1.[K+]. The first-order valence-electron chi connectivity index (χ1n) is 8.51. The topological polar surface area (TPSA) is 71.3 Å². The average Bonchev–Trinajstić information content (AvgIpc) is 3.18. The summed E-state index contributed by atoms with van der Waals surface area (Å²) in [5, 5.41) is 6.28. The van der Waals surface area contributed by atoms with Crippen molar-refractivity contribution in [2.45, 2.75) is 26.2 Å². The normalized spacial score (nSPS) is 10.2. The van der Waals surface area contributed by atoms with Gasteiger partial charge in [-0.3, -0.25) is 4.79 Å². The zero-order chi connectivity index (χ0) is 19.9. The van der Waals surface area contributed by atoms with Crippen LogP contribution < -0.4 is 61.6 Å². The average molecular weight is 404 g/mol. The number of hydrogen-bond donors (Lipinski definition) is 1. The van der Waals surface area contributed by atoms with Crippen LogP contribution in [0, 0.1) is 12.3 Å². The van der Waals surface area contributed by atoms with Gasteiger partial charge in [0.25, 0.3) is 5.91 Å². The van der Waals surface area contributed by atoms with E-state index in [1.54, 1.807) is 42.6 Å². The van der Waals surface area contributed by atoms with Gasteiger partial charge >= 0.3 is 51.4 Å². The number of carbonyl (C=O) groups excluding carboxylic acids is 1. The summed E-state index contributed by atoms with van der Waals surface area (Å²) in [4.78, 5) is 18.0. The molecule has 0 aliphatic rings. The van der Waals surface area contributed by atoms with Gasteiger partial charge in [0.2, 0.25) is 0 Å². The Labute approximate surface area is 209 Å². The fourth-order valence-electron chi connectivity index (χ4n) is 2.00. The van der Waals surface area contributed by atoms with Crippen molar-refractivity contribution in [2.24, 2.45) is 0 Å². The van der Waals surface area contributed by atoms with Crippen molar-refractivity contribution in [2.75, 3.05) is 24.3 Å². The molecule has 0 radical (unpaired) electrons. The third-order valence-electron chi connectivity index (χ3n) is 3.58. The van der Waals surface area contributed by atoms with E-state index >= 15 is 0 Å². The maximum atomic E-state index is 11.9. The third kappa shape index (κ3) is 7.85. The molecule has 3 aromatic rings. The van der Waals surface area contributed by atoms with Crippen LogP contribution in [0.25, 0.3) is 0 Å². The smallest absolute Gasteiger partial charge is 0.470 e. The Bertz CT molecular complexity index is 827. The Morgan fingerprint density at radius 2 is 1.82 bits per heavy atom. The Morgan fingerprint density at radius 3 is 2.25 bits per heavy atom. The Kier molecular flexibility index (Phi) is 10.1. The van der Waals surface area contributed by atoms with Crippen molar-refractivity contribution >= 4 is 17.4 Å². The summed E-state index contributed by atoms with van der Waals surface area (Å²) in [6, 6.07) is 15.3. The number of nitrogens with zero attached hydrogens (tertiary/aromatic N) is 3. The van der Waals surface area contributed by atoms with Crippen LogP contribution in [0.3, 0.4) is 0 Å². The van der Waals surface area contributed by atoms with Crippen molar-refractivity contribution < 1.29 is 60.7 Å². The molecular weight excluding hydrogens is 379 g/mol. The first-order valence-corrected chi connectivity index (χ1v) is 8.51. The van der Waals surface area contributed by atoms with E-state index in [1.165, 1.54) is 0 Å². The molecule has 1 N–H and O–H groups in total. The molecule has 0 saturated carbocycles.